The fourth-order valence-electron chi connectivity index (χ4n) is 1.44. The van der Waals surface area contributed by atoms with E-state index in [1.165, 1.54) is 0 Å². The minimum atomic E-state index is 0.0524. The van der Waals surface area contributed by atoms with E-state index in [2.05, 4.69) is 40.9 Å². The molecular formula is C12H16N4. The summed E-state index contributed by atoms with van der Waals surface area (Å²) in [6, 6.07) is 3.99. The highest BCUT2D eigenvalue weighted by atomic mass is 15.1. The zero-order valence-electron chi connectivity index (χ0n) is 10.1. The van der Waals surface area contributed by atoms with Crippen LogP contribution in [-0.2, 0) is 5.41 Å². The van der Waals surface area contributed by atoms with Gasteiger partial charge in [-0.2, -0.15) is 5.10 Å². The summed E-state index contributed by atoms with van der Waals surface area (Å²) in [6.07, 6.45) is 1.57. The van der Waals surface area contributed by atoms with E-state index in [0.29, 0.717) is 0 Å². The van der Waals surface area contributed by atoms with Crippen molar-refractivity contribution in [3.63, 3.8) is 0 Å². The third kappa shape index (κ3) is 2.10. The van der Waals surface area contributed by atoms with E-state index in [-0.39, 0.29) is 5.41 Å². The predicted octanol–water partition coefficient (Wildman–Crippen LogP) is 2.47. The minimum Gasteiger partial charge on any atom is -0.276 e. The molecule has 2 aromatic heterocycles. The molecule has 2 aromatic rings. The summed E-state index contributed by atoms with van der Waals surface area (Å²) in [5.41, 5.74) is 3.87. The van der Waals surface area contributed by atoms with Crippen molar-refractivity contribution in [1.29, 1.82) is 0 Å². The summed E-state index contributed by atoms with van der Waals surface area (Å²) in [5, 5.41) is 7.32. The lowest BCUT2D eigenvalue weighted by Crippen LogP contribution is -2.11. The molecule has 0 saturated heterocycles. The zero-order valence-corrected chi connectivity index (χ0v) is 10.1. The lowest BCUT2D eigenvalue weighted by atomic mass is 9.92. The molecule has 0 bridgehead atoms. The van der Waals surface area contributed by atoms with E-state index >= 15 is 0 Å². The van der Waals surface area contributed by atoms with Gasteiger partial charge in [-0.25, -0.2) is 9.97 Å². The van der Waals surface area contributed by atoms with Crippen LogP contribution in [0.1, 0.15) is 32.2 Å². The normalized spacial score (nSPS) is 11.8. The first-order chi connectivity index (χ1) is 7.47. The van der Waals surface area contributed by atoms with Gasteiger partial charge in [0.05, 0.1) is 17.1 Å². The molecular weight excluding hydrogens is 200 g/mol. The molecule has 0 aliphatic heterocycles. The Morgan fingerprint density at radius 1 is 1.12 bits per heavy atom. The third-order valence-electron chi connectivity index (χ3n) is 2.43. The van der Waals surface area contributed by atoms with Crippen LogP contribution in [-0.4, -0.2) is 20.2 Å². The van der Waals surface area contributed by atoms with Crippen LogP contribution >= 0.6 is 0 Å². The molecule has 2 rings (SSSR count). The lowest BCUT2D eigenvalue weighted by molar-refractivity contribution is 0.567. The summed E-state index contributed by atoms with van der Waals surface area (Å²) in [6.45, 7) is 8.36. The van der Waals surface area contributed by atoms with Crippen molar-refractivity contribution in [2.45, 2.75) is 33.1 Å². The standard InChI is InChI=1S/C12H16N4/c1-8-5-9(14-7-13-8)10-6-11(16-15-10)12(2,3)4/h5-7H,1-4H3,(H,15,16). The first kappa shape index (κ1) is 10.8. The van der Waals surface area contributed by atoms with E-state index < -0.39 is 0 Å². The van der Waals surface area contributed by atoms with Crippen molar-refractivity contribution >= 4 is 0 Å². The Hall–Kier alpha value is -1.71. The molecule has 1 N–H and O–H groups in total. The van der Waals surface area contributed by atoms with Crippen molar-refractivity contribution in [1.82, 2.24) is 20.2 Å². The van der Waals surface area contributed by atoms with Crippen LogP contribution in [0.3, 0.4) is 0 Å². The maximum absolute atomic E-state index is 4.31. The first-order valence-electron chi connectivity index (χ1n) is 5.32. The van der Waals surface area contributed by atoms with Gasteiger partial charge in [-0.1, -0.05) is 20.8 Å². The average Bonchev–Trinajstić information content (AvgIpc) is 2.65. The van der Waals surface area contributed by atoms with Gasteiger partial charge >= 0.3 is 0 Å². The Kier molecular flexibility index (Phi) is 2.50. The second kappa shape index (κ2) is 3.70. The second-order valence-corrected chi connectivity index (χ2v) is 4.96. The predicted molar refractivity (Wildman–Crippen MR) is 63.1 cm³/mol. The van der Waals surface area contributed by atoms with E-state index in [1.807, 2.05) is 19.1 Å². The Balaban J connectivity index is 2.39. The number of rotatable bonds is 1. The monoisotopic (exact) mass is 216 g/mol. The van der Waals surface area contributed by atoms with Gasteiger partial charge in [-0.15, -0.1) is 0 Å². The Morgan fingerprint density at radius 2 is 1.88 bits per heavy atom. The Morgan fingerprint density at radius 3 is 2.44 bits per heavy atom. The number of hydrogen-bond donors (Lipinski definition) is 1. The molecule has 0 amide bonds. The Bertz CT molecular complexity index is 494. The molecule has 2 heterocycles. The van der Waals surface area contributed by atoms with Crippen molar-refractivity contribution in [3.05, 3.63) is 29.8 Å². The summed E-state index contributed by atoms with van der Waals surface area (Å²) in [5.74, 6) is 0. The van der Waals surface area contributed by atoms with Crippen LogP contribution in [0.2, 0.25) is 0 Å². The van der Waals surface area contributed by atoms with Crippen LogP contribution in [0.5, 0.6) is 0 Å². The molecule has 0 aliphatic rings. The van der Waals surface area contributed by atoms with E-state index in [0.717, 1.165) is 22.8 Å². The lowest BCUT2D eigenvalue weighted by Gasteiger charge is -2.13. The maximum atomic E-state index is 4.31. The molecule has 84 valence electrons. The SMILES string of the molecule is Cc1cc(-c2cc(C(C)(C)C)n[nH]2)ncn1. The van der Waals surface area contributed by atoms with Gasteiger partial charge in [0.1, 0.15) is 6.33 Å². The van der Waals surface area contributed by atoms with Crippen LogP contribution in [0.15, 0.2) is 18.5 Å². The van der Waals surface area contributed by atoms with Crippen LogP contribution in [0.25, 0.3) is 11.4 Å². The van der Waals surface area contributed by atoms with Gasteiger partial charge in [0, 0.05) is 11.1 Å². The number of H-pyrrole nitrogens is 1. The molecule has 4 nitrogen and oxygen atoms in total. The van der Waals surface area contributed by atoms with Gasteiger partial charge in [-0.3, -0.25) is 5.10 Å². The number of aromatic amines is 1. The number of aromatic nitrogens is 4. The number of hydrogen-bond acceptors (Lipinski definition) is 3. The number of nitrogens with one attached hydrogen (secondary N) is 1. The smallest absolute Gasteiger partial charge is 0.116 e. The zero-order chi connectivity index (χ0) is 11.8. The van der Waals surface area contributed by atoms with Gasteiger partial charge in [-0.05, 0) is 19.1 Å². The quantitative estimate of drug-likeness (QED) is 0.796. The topological polar surface area (TPSA) is 54.5 Å². The fraction of sp³-hybridized carbons (Fsp3) is 0.417. The molecule has 0 atom stereocenters. The molecule has 16 heavy (non-hydrogen) atoms. The van der Waals surface area contributed by atoms with Crippen LogP contribution in [0, 0.1) is 6.92 Å². The van der Waals surface area contributed by atoms with Crippen molar-refractivity contribution in [2.75, 3.05) is 0 Å². The highest BCUT2D eigenvalue weighted by Crippen LogP contribution is 2.24. The molecule has 0 spiro atoms. The maximum Gasteiger partial charge on any atom is 0.116 e. The molecule has 0 saturated carbocycles. The summed E-state index contributed by atoms with van der Waals surface area (Å²) in [4.78, 5) is 8.30. The van der Waals surface area contributed by atoms with E-state index in [4.69, 9.17) is 0 Å². The summed E-state index contributed by atoms with van der Waals surface area (Å²) in [7, 11) is 0. The van der Waals surface area contributed by atoms with Crippen molar-refractivity contribution in [2.24, 2.45) is 0 Å². The molecule has 4 heteroatoms. The van der Waals surface area contributed by atoms with Gasteiger partial charge < -0.3 is 0 Å². The Labute approximate surface area is 95.1 Å². The second-order valence-electron chi connectivity index (χ2n) is 4.96. The van der Waals surface area contributed by atoms with Gasteiger partial charge in [0.25, 0.3) is 0 Å². The summed E-state index contributed by atoms with van der Waals surface area (Å²) >= 11 is 0. The largest absolute Gasteiger partial charge is 0.276 e. The van der Waals surface area contributed by atoms with Crippen LogP contribution in [0.4, 0.5) is 0 Å². The molecule has 0 aliphatic carbocycles. The molecule has 0 fully saturated rings. The highest BCUT2D eigenvalue weighted by Gasteiger charge is 2.18. The highest BCUT2D eigenvalue weighted by molar-refractivity contribution is 5.54. The fourth-order valence-corrected chi connectivity index (χ4v) is 1.44. The molecule has 0 unspecified atom stereocenters. The number of nitrogens with zero attached hydrogens (tertiary/aromatic N) is 3. The first-order valence-corrected chi connectivity index (χ1v) is 5.32. The minimum absolute atomic E-state index is 0.0524. The van der Waals surface area contributed by atoms with Crippen molar-refractivity contribution in [3.8, 4) is 11.4 Å². The van der Waals surface area contributed by atoms with Gasteiger partial charge in [0.15, 0.2) is 0 Å². The van der Waals surface area contributed by atoms with Gasteiger partial charge in [0.2, 0.25) is 0 Å². The third-order valence-corrected chi connectivity index (χ3v) is 2.43. The number of aryl methyl sites for hydroxylation is 1. The van der Waals surface area contributed by atoms with Crippen LogP contribution < -0.4 is 0 Å². The van der Waals surface area contributed by atoms with E-state index in [9.17, 15) is 0 Å². The molecule has 0 aromatic carbocycles. The average molecular weight is 216 g/mol. The summed E-state index contributed by atoms with van der Waals surface area (Å²) < 4.78 is 0. The van der Waals surface area contributed by atoms with E-state index in [1.54, 1.807) is 6.33 Å². The molecule has 0 radical (unpaired) electrons. The van der Waals surface area contributed by atoms with Crippen molar-refractivity contribution < 1.29 is 0 Å².